The summed E-state index contributed by atoms with van der Waals surface area (Å²) in [5.74, 6) is -2.82. The van der Waals surface area contributed by atoms with E-state index in [1.807, 2.05) is 0 Å². The Balaban J connectivity index is 1.44. The van der Waals surface area contributed by atoms with Crippen LogP contribution >= 0.6 is 0 Å². The summed E-state index contributed by atoms with van der Waals surface area (Å²) in [5.41, 5.74) is -0.540. The molecular formula is C33H22F2N2O4. The van der Waals surface area contributed by atoms with Crippen molar-refractivity contribution in [3.8, 4) is 5.69 Å². The van der Waals surface area contributed by atoms with Gasteiger partial charge in [0, 0.05) is 22.3 Å². The minimum absolute atomic E-state index is 0.0260. The molecule has 202 valence electrons. The molecule has 5 aromatic rings. The second-order valence-electron chi connectivity index (χ2n) is 10.0. The Kier molecular flexibility index (Phi) is 5.61. The van der Waals surface area contributed by atoms with E-state index in [0.29, 0.717) is 11.3 Å². The average Bonchev–Trinajstić information content (AvgIpc) is 3.54. The Bertz CT molecular complexity index is 1940. The lowest BCUT2D eigenvalue weighted by Crippen LogP contribution is -2.35. The molecule has 3 unspecified atom stereocenters. The maximum absolute atomic E-state index is 15.8. The van der Waals surface area contributed by atoms with Gasteiger partial charge < -0.3 is 9.47 Å². The van der Waals surface area contributed by atoms with Gasteiger partial charge in [0.05, 0.1) is 23.2 Å². The molecule has 1 fully saturated rings. The molecule has 2 aliphatic heterocycles. The van der Waals surface area contributed by atoms with Gasteiger partial charge in [-0.05, 0) is 18.2 Å². The first-order valence-electron chi connectivity index (χ1n) is 13.0. The fourth-order valence-electron chi connectivity index (χ4n) is 5.78. The van der Waals surface area contributed by atoms with Gasteiger partial charge in [0.25, 0.3) is 11.3 Å². The number of hydrogen-bond donors (Lipinski definition) is 0. The zero-order chi connectivity index (χ0) is 28.4. The van der Waals surface area contributed by atoms with Crippen molar-refractivity contribution in [3.05, 3.63) is 154 Å². The van der Waals surface area contributed by atoms with Crippen LogP contribution in [0.3, 0.4) is 0 Å². The number of aromatic nitrogens is 2. The molecule has 0 bridgehead atoms. The Hall–Kier alpha value is -4.79. The first-order valence-corrected chi connectivity index (χ1v) is 13.0. The molecule has 6 nitrogen and oxygen atoms in total. The summed E-state index contributed by atoms with van der Waals surface area (Å²) in [5, 5.41) is -0.0260. The van der Waals surface area contributed by atoms with Gasteiger partial charge in [-0.2, -0.15) is 0 Å². The van der Waals surface area contributed by atoms with Crippen molar-refractivity contribution in [2.75, 3.05) is 6.61 Å². The lowest BCUT2D eigenvalue weighted by molar-refractivity contribution is -0.160. The summed E-state index contributed by atoms with van der Waals surface area (Å²) in [7, 11) is 0. The summed E-state index contributed by atoms with van der Waals surface area (Å²) in [6.45, 7) is 3.81. The number of benzene rings is 4. The van der Waals surface area contributed by atoms with Crippen LogP contribution in [0.15, 0.2) is 115 Å². The van der Waals surface area contributed by atoms with E-state index < -0.39 is 34.7 Å². The van der Waals surface area contributed by atoms with Crippen molar-refractivity contribution in [2.24, 2.45) is 0 Å². The highest BCUT2D eigenvalue weighted by molar-refractivity contribution is 6.02. The number of alkyl halides is 1. The topological polar surface area (TPSA) is 70.4 Å². The Labute approximate surface area is 233 Å². The molecule has 0 saturated carbocycles. The van der Waals surface area contributed by atoms with Gasteiger partial charge >= 0.3 is 0 Å². The molecule has 0 aliphatic carbocycles. The monoisotopic (exact) mass is 548 g/mol. The molecule has 7 rings (SSSR count). The number of carbonyl (C=O) groups excluding carboxylic acids is 1. The fourth-order valence-corrected chi connectivity index (χ4v) is 5.78. The number of halogens is 2. The van der Waals surface area contributed by atoms with Crippen LogP contribution in [0.1, 0.15) is 39.0 Å². The zero-order valence-corrected chi connectivity index (χ0v) is 21.6. The summed E-state index contributed by atoms with van der Waals surface area (Å²) < 4.78 is 45.1. The van der Waals surface area contributed by atoms with Crippen molar-refractivity contribution in [3.63, 3.8) is 0 Å². The first-order chi connectivity index (χ1) is 19.9. The lowest BCUT2D eigenvalue weighted by Gasteiger charge is -2.29. The second kappa shape index (κ2) is 9.12. The van der Waals surface area contributed by atoms with Crippen molar-refractivity contribution in [2.45, 2.75) is 17.6 Å². The third-order valence-electron chi connectivity index (χ3n) is 7.76. The van der Waals surface area contributed by atoms with Crippen LogP contribution in [-0.2, 0) is 20.9 Å². The molecule has 8 heteroatoms. The molecule has 41 heavy (non-hydrogen) atoms. The van der Waals surface area contributed by atoms with E-state index in [-0.39, 0.29) is 40.0 Å². The van der Waals surface area contributed by atoms with E-state index in [1.165, 1.54) is 34.9 Å². The molecular weight excluding hydrogens is 526 g/mol. The summed E-state index contributed by atoms with van der Waals surface area (Å²) >= 11 is 0. The molecule has 3 atom stereocenters. The molecule has 2 aliphatic rings. The second-order valence-corrected chi connectivity index (χ2v) is 10.0. The highest BCUT2D eigenvalue weighted by atomic mass is 19.1. The van der Waals surface area contributed by atoms with Crippen LogP contribution in [0.2, 0.25) is 0 Å². The minimum Gasteiger partial charge on any atom is -0.336 e. The van der Waals surface area contributed by atoms with Crippen molar-refractivity contribution < 1.29 is 23.0 Å². The van der Waals surface area contributed by atoms with Gasteiger partial charge in [0.1, 0.15) is 11.4 Å². The van der Waals surface area contributed by atoms with Crippen LogP contribution in [0.5, 0.6) is 0 Å². The van der Waals surface area contributed by atoms with E-state index in [9.17, 15) is 9.59 Å². The van der Waals surface area contributed by atoms with Gasteiger partial charge in [0.2, 0.25) is 5.78 Å². The minimum atomic E-state index is -2.09. The summed E-state index contributed by atoms with van der Waals surface area (Å²) in [4.78, 5) is 32.0. The Morgan fingerprint density at radius 2 is 1.66 bits per heavy atom. The maximum atomic E-state index is 15.8. The van der Waals surface area contributed by atoms with Crippen LogP contribution in [0, 0.1) is 5.82 Å². The molecule has 0 radical (unpaired) electrons. The van der Waals surface area contributed by atoms with Crippen molar-refractivity contribution in [1.29, 1.82) is 0 Å². The van der Waals surface area contributed by atoms with Gasteiger partial charge in [-0.3, -0.25) is 14.2 Å². The third-order valence-corrected chi connectivity index (χ3v) is 7.76. The van der Waals surface area contributed by atoms with Gasteiger partial charge in [-0.25, -0.2) is 13.8 Å². The standard InChI is InChI=1S/C33H22F2N2O4/c1-2-32(22-14-6-8-16-24(22)34)19-40-33(41-32)23-15-7-9-18-26(23)37-30(39)27-21(13-10-17-25(27)36-31(33)37)28(35)29(38)20-11-4-3-5-12-20/h2-18,28H,1,19H2. The highest BCUT2D eigenvalue weighted by Crippen LogP contribution is 2.53. The number of ketones is 1. The molecule has 4 aromatic carbocycles. The normalized spacial score (nSPS) is 21.5. The fraction of sp³-hybridized carbons (Fsp3) is 0.121. The van der Waals surface area contributed by atoms with Gasteiger partial charge in [-0.1, -0.05) is 91.5 Å². The number of rotatable bonds is 5. The van der Waals surface area contributed by atoms with E-state index in [4.69, 9.17) is 14.5 Å². The number of hydrogen-bond acceptors (Lipinski definition) is 5. The van der Waals surface area contributed by atoms with E-state index in [2.05, 4.69) is 6.58 Å². The van der Waals surface area contributed by atoms with Gasteiger partial charge in [-0.15, -0.1) is 0 Å². The van der Waals surface area contributed by atoms with Gasteiger partial charge in [0.15, 0.2) is 12.0 Å². The first kappa shape index (κ1) is 25.2. The molecule has 1 spiro atoms. The van der Waals surface area contributed by atoms with Crippen LogP contribution in [0.25, 0.3) is 16.6 Å². The number of fused-ring (bicyclic) bond motifs is 6. The predicted molar refractivity (Wildman–Crippen MR) is 148 cm³/mol. The SMILES string of the molecule is C=CC1(c2ccccc2F)COC2(O1)c1ccccc1-n1c2nc2cccc(C(F)C(=O)c3ccccc3)c2c1=O. The predicted octanol–water partition coefficient (Wildman–Crippen LogP) is 6.06. The van der Waals surface area contributed by atoms with E-state index in [0.717, 1.165) is 0 Å². The molecule has 0 amide bonds. The van der Waals surface area contributed by atoms with Crippen LogP contribution in [-0.4, -0.2) is 21.9 Å². The molecule has 1 aromatic heterocycles. The maximum Gasteiger partial charge on any atom is 0.266 e. The Morgan fingerprint density at radius 3 is 2.41 bits per heavy atom. The number of nitrogens with zero attached hydrogens (tertiary/aromatic N) is 2. The van der Waals surface area contributed by atoms with Crippen molar-refractivity contribution >= 4 is 16.7 Å². The average molecular weight is 549 g/mol. The summed E-state index contributed by atoms with van der Waals surface area (Å²) in [6, 6.07) is 25.8. The van der Waals surface area contributed by atoms with Crippen LogP contribution < -0.4 is 5.56 Å². The Morgan fingerprint density at radius 1 is 0.951 bits per heavy atom. The molecule has 3 heterocycles. The zero-order valence-electron chi connectivity index (χ0n) is 21.6. The largest absolute Gasteiger partial charge is 0.336 e. The molecule has 0 N–H and O–H groups in total. The molecule has 1 saturated heterocycles. The number of ether oxygens (including phenoxy) is 2. The van der Waals surface area contributed by atoms with Crippen LogP contribution in [0.4, 0.5) is 8.78 Å². The number of para-hydroxylation sites is 1. The van der Waals surface area contributed by atoms with Crippen molar-refractivity contribution in [1.82, 2.24) is 9.55 Å². The third kappa shape index (κ3) is 3.51. The quantitative estimate of drug-likeness (QED) is 0.197. The number of Topliss-reactive ketones (excluding diaryl/α,β-unsaturated/α-hetero) is 1. The van der Waals surface area contributed by atoms with E-state index in [1.54, 1.807) is 72.8 Å². The lowest BCUT2D eigenvalue weighted by atomic mass is 9.94. The highest BCUT2D eigenvalue weighted by Gasteiger charge is 2.59. The summed E-state index contributed by atoms with van der Waals surface area (Å²) in [6.07, 6.45) is -0.612. The smallest absolute Gasteiger partial charge is 0.266 e. The number of carbonyl (C=O) groups is 1. The van der Waals surface area contributed by atoms with E-state index >= 15 is 8.78 Å².